The van der Waals surface area contributed by atoms with Crippen molar-refractivity contribution in [1.29, 1.82) is 0 Å². The first-order valence-corrected chi connectivity index (χ1v) is 13.5. The van der Waals surface area contributed by atoms with Crippen LogP contribution in [0.2, 0.25) is 0 Å². The van der Waals surface area contributed by atoms with Gasteiger partial charge in [0.1, 0.15) is 0 Å². The molecule has 0 aliphatic heterocycles. The molecule has 0 amide bonds. The molecule has 0 spiro atoms. The van der Waals surface area contributed by atoms with E-state index in [0.29, 0.717) is 12.8 Å². The zero-order valence-electron chi connectivity index (χ0n) is 15.8. The van der Waals surface area contributed by atoms with Gasteiger partial charge in [-0.15, -0.1) is 46.4 Å². The Morgan fingerprint density at radius 3 is 1.47 bits per heavy atom. The maximum Gasteiger partial charge on any atom is 0.478 e. The summed E-state index contributed by atoms with van der Waals surface area (Å²) in [5.41, 5.74) is -2.38. The van der Waals surface area contributed by atoms with Crippen molar-refractivity contribution >= 4 is 62.0 Å². The van der Waals surface area contributed by atoms with Crippen LogP contribution in [0.15, 0.2) is 0 Å². The van der Waals surface area contributed by atoms with Crippen LogP contribution in [0.4, 0.5) is 0 Å². The molecular formula is C13H28Cl4O11P2. The number of alkyl halides is 4. The Morgan fingerprint density at radius 1 is 0.800 bits per heavy atom. The van der Waals surface area contributed by atoms with Gasteiger partial charge in [-0.3, -0.25) is 0 Å². The molecule has 1 atom stereocenters. The van der Waals surface area contributed by atoms with Crippen LogP contribution < -0.4 is 0 Å². The number of aliphatic hydroxyl groups is 3. The third kappa shape index (κ3) is 11.9. The summed E-state index contributed by atoms with van der Waals surface area (Å²) in [5, 5.41) is 30.2. The van der Waals surface area contributed by atoms with Crippen LogP contribution in [0.25, 0.3) is 0 Å². The number of phosphoric acid groups is 2. The smallest absolute Gasteiger partial charge is 0.395 e. The van der Waals surface area contributed by atoms with Crippen molar-refractivity contribution in [2.75, 3.05) is 43.3 Å². The van der Waals surface area contributed by atoms with Crippen LogP contribution in [0, 0.1) is 5.41 Å². The maximum atomic E-state index is 10.4. The van der Waals surface area contributed by atoms with Crippen LogP contribution in [0.5, 0.6) is 0 Å². The molecule has 0 saturated carbocycles. The quantitative estimate of drug-likeness (QED) is 0.112. The Kier molecular flexibility index (Phi) is 17.8. The molecule has 7 N–H and O–H groups in total. The third-order valence-corrected chi connectivity index (χ3v) is 6.61. The lowest BCUT2D eigenvalue weighted by atomic mass is 9.65. The third-order valence-electron chi connectivity index (χ3n) is 4.16. The van der Waals surface area contributed by atoms with Crippen LogP contribution in [-0.2, 0) is 18.2 Å². The molecule has 0 fully saturated rings. The van der Waals surface area contributed by atoms with Gasteiger partial charge in [-0.1, -0.05) is 0 Å². The molecule has 0 saturated heterocycles. The van der Waals surface area contributed by atoms with Gasteiger partial charge in [0.25, 0.3) is 0 Å². The van der Waals surface area contributed by atoms with Crippen molar-refractivity contribution in [1.82, 2.24) is 0 Å². The Hall–Kier alpha value is 1.26. The molecule has 0 radical (unpaired) electrons. The highest BCUT2D eigenvalue weighted by Gasteiger charge is 2.55. The molecule has 0 aliphatic rings. The number of aliphatic hydroxyl groups excluding tert-OH is 3. The summed E-state index contributed by atoms with van der Waals surface area (Å²) in [4.78, 5) is 31.0. The summed E-state index contributed by atoms with van der Waals surface area (Å²) in [7, 11) is -10.1. The maximum absolute atomic E-state index is 10.4. The topological polar surface area (TPSA) is 194 Å². The minimum absolute atomic E-state index is 0.191. The fraction of sp³-hybridized carbons (Fsp3) is 1.00. The summed E-state index contributed by atoms with van der Waals surface area (Å²) >= 11 is 23.1. The predicted molar refractivity (Wildman–Crippen MR) is 113 cm³/mol. The molecule has 184 valence electrons. The molecule has 0 aromatic rings. The number of hydrogen-bond donors (Lipinski definition) is 7. The summed E-state index contributed by atoms with van der Waals surface area (Å²) in [6, 6.07) is 0. The molecule has 0 aliphatic carbocycles. The van der Waals surface area contributed by atoms with Crippen molar-refractivity contribution in [2.45, 2.75) is 31.0 Å². The van der Waals surface area contributed by atoms with Crippen molar-refractivity contribution in [3.8, 4) is 0 Å². The summed E-state index contributed by atoms with van der Waals surface area (Å²) < 4.78 is 28.1. The average molecular weight is 564 g/mol. The monoisotopic (exact) mass is 562 g/mol. The number of hydrogen-bond acceptors (Lipinski definition) is 7. The SMILES string of the molecule is O=P(O)(O)OP(=O)(O)O.OCC(CO)(C(O)CCCl)C(CCCl)(CCCl)OCCCl. The van der Waals surface area contributed by atoms with Gasteiger partial charge in [-0.2, -0.15) is 4.31 Å². The highest BCUT2D eigenvalue weighted by Crippen LogP contribution is 2.53. The Morgan fingerprint density at radius 2 is 1.23 bits per heavy atom. The van der Waals surface area contributed by atoms with E-state index in [1.54, 1.807) is 0 Å². The van der Waals surface area contributed by atoms with Crippen molar-refractivity contribution in [3.63, 3.8) is 0 Å². The highest BCUT2D eigenvalue weighted by atomic mass is 35.5. The summed E-state index contributed by atoms with van der Waals surface area (Å²) in [6.07, 6.45) is -0.206. The molecule has 1 unspecified atom stereocenters. The van der Waals surface area contributed by atoms with Gasteiger partial charge in [0.05, 0.1) is 36.9 Å². The van der Waals surface area contributed by atoms with Gasteiger partial charge in [0.2, 0.25) is 0 Å². The Bertz CT molecular complexity index is 515. The van der Waals surface area contributed by atoms with E-state index in [0.717, 1.165) is 0 Å². The minimum Gasteiger partial charge on any atom is -0.395 e. The standard InChI is InChI=1S/C13H24Cl4O4.H4O7P2/c14-4-1-11(20)12(9-18,10-19)13(2-5-15,3-6-16)21-8-7-17;1-8(2,3)7-9(4,5)6/h11,18-20H,1-10H2;(H2,1,2,3)(H2,4,5,6). The van der Waals surface area contributed by atoms with E-state index in [9.17, 15) is 24.4 Å². The van der Waals surface area contributed by atoms with Crippen molar-refractivity contribution in [2.24, 2.45) is 5.41 Å². The zero-order chi connectivity index (χ0) is 24.1. The summed E-state index contributed by atoms with van der Waals surface area (Å²) in [5.74, 6) is 0.893. The fourth-order valence-corrected chi connectivity index (χ4v) is 4.82. The molecule has 30 heavy (non-hydrogen) atoms. The first kappa shape index (κ1) is 33.4. The minimum atomic E-state index is -5.05. The lowest BCUT2D eigenvalue weighted by Crippen LogP contribution is -2.61. The van der Waals surface area contributed by atoms with Gasteiger partial charge in [0, 0.05) is 23.5 Å². The van der Waals surface area contributed by atoms with Crippen LogP contribution in [-0.4, -0.2) is 89.9 Å². The molecule has 0 aromatic carbocycles. The Labute approximate surface area is 194 Å². The van der Waals surface area contributed by atoms with Gasteiger partial charge in [-0.05, 0) is 19.3 Å². The average Bonchev–Trinajstić information content (AvgIpc) is 2.59. The highest BCUT2D eigenvalue weighted by molar-refractivity contribution is 7.60. The van der Waals surface area contributed by atoms with E-state index in [1.807, 2.05) is 0 Å². The first-order valence-electron chi connectivity index (χ1n) is 8.34. The van der Waals surface area contributed by atoms with Crippen LogP contribution >= 0.6 is 62.0 Å². The first-order chi connectivity index (χ1) is 13.7. The summed E-state index contributed by atoms with van der Waals surface area (Å²) in [6.45, 7) is -0.750. The van der Waals surface area contributed by atoms with E-state index in [2.05, 4.69) is 4.31 Å². The van der Waals surface area contributed by atoms with Crippen molar-refractivity contribution in [3.05, 3.63) is 0 Å². The van der Waals surface area contributed by atoms with Crippen molar-refractivity contribution < 1.29 is 53.1 Å². The largest absolute Gasteiger partial charge is 0.478 e. The van der Waals surface area contributed by atoms with Crippen LogP contribution in [0.1, 0.15) is 19.3 Å². The second kappa shape index (κ2) is 16.0. The molecule has 17 heteroatoms. The zero-order valence-corrected chi connectivity index (χ0v) is 20.6. The van der Waals surface area contributed by atoms with Gasteiger partial charge < -0.3 is 39.6 Å². The lowest BCUT2D eigenvalue weighted by molar-refractivity contribution is -0.210. The molecule has 11 nitrogen and oxygen atoms in total. The molecule has 0 rings (SSSR count). The van der Waals surface area contributed by atoms with Gasteiger partial charge in [0.15, 0.2) is 0 Å². The molecule has 0 bridgehead atoms. The number of halogens is 4. The van der Waals surface area contributed by atoms with E-state index < -0.39 is 46.0 Å². The normalized spacial score (nSPS) is 14.2. The fourth-order valence-electron chi connectivity index (χ4n) is 2.82. The number of rotatable bonds is 15. The second-order valence-corrected chi connectivity index (χ2v) is 10.1. The second-order valence-electron chi connectivity index (χ2n) is 5.94. The lowest BCUT2D eigenvalue weighted by Gasteiger charge is -2.51. The number of ether oxygens (including phenoxy) is 1. The van der Waals surface area contributed by atoms with E-state index in [4.69, 9.17) is 70.7 Å². The van der Waals surface area contributed by atoms with Crippen LogP contribution in [0.3, 0.4) is 0 Å². The molecular weight excluding hydrogens is 536 g/mol. The Balaban J connectivity index is 0. The van der Waals surface area contributed by atoms with Gasteiger partial charge in [-0.25, -0.2) is 9.13 Å². The molecule has 0 aromatic heterocycles. The van der Waals surface area contributed by atoms with E-state index in [-0.39, 0.29) is 36.5 Å². The van der Waals surface area contributed by atoms with Gasteiger partial charge >= 0.3 is 15.6 Å². The molecule has 0 heterocycles. The predicted octanol–water partition coefficient (Wildman–Crippen LogP) is 1.39. The van der Waals surface area contributed by atoms with E-state index >= 15 is 0 Å². The van der Waals surface area contributed by atoms with E-state index in [1.165, 1.54) is 0 Å².